The number of alkyl halides is 1. The zero-order valence-electron chi connectivity index (χ0n) is 10.7. The van der Waals surface area contributed by atoms with Crippen LogP contribution in [0.2, 0.25) is 0 Å². The summed E-state index contributed by atoms with van der Waals surface area (Å²) in [4.78, 5) is 0. The molecule has 0 aromatic heterocycles. The van der Waals surface area contributed by atoms with Crippen molar-refractivity contribution in [2.24, 2.45) is 0 Å². The fourth-order valence-electron chi connectivity index (χ4n) is 1.91. The molecule has 1 aliphatic rings. The van der Waals surface area contributed by atoms with Gasteiger partial charge in [0.15, 0.2) is 11.6 Å². The molecule has 3 nitrogen and oxygen atoms in total. The second-order valence-electron chi connectivity index (χ2n) is 4.43. The summed E-state index contributed by atoms with van der Waals surface area (Å²) in [7, 11) is 1.57. The molecule has 0 amide bonds. The van der Waals surface area contributed by atoms with Gasteiger partial charge < -0.3 is 14.2 Å². The van der Waals surface area contributed by atoms with Gasteiger partial charge in [0, 0.05) is 19.6 Å². The summed E-state index contributed by atoms with van der Waals surface area (Å²) in [6, 6.07) is 1.92. The number of benzene rings is 1. The Morgan fingerprint density at radius 2 is 2.10 bits per heavy atom. The van der Waals surface area contributed by atoms with E-state index in [1.807, 2.05) is 0 Å². The lowest BCUT2D eigenvalue weighted by molar-refractivity contribution is -0.0909. The molecule has 112 valence electrons. The highest BCUT2D eigenvalue weighted by Gasteiger charge is 2.43. The van der Waals surface area contributed by atoms with E-state index >= 15 is 0 Å². The van der Waals surface area contributed by atoms with Gasteiger partial charge in [-0.3, -0.25) is 0 Å². The Balaban J connectivity index is 1.99. The first kappa shape index (κ1) is 15.9. The summed E-state index contributed by atoms with van der Waals surface area (Å²) in [5.74, 6) is -1.45. The van der Waals surface area contributed by atoms with Crippen LogP contribution in [0.15, 0.2) is 16.6 Å². The molecule has 7 heteroatoms. The molecule has 0 bridgehead atoms. The molecule has 0 radical (unpaired) electrons. The van der Waals surface area contributed by atoms with E-state index in [1.165, 1.54) is 0 Å². The lowest BCUT2D eigenvalue weighted by Crippen LogP contribution is -2.53. The molecule has 20 heavy (non-hydrogen) atoms. The van der Waals surface area contributed by atoms with E-state index in [-0.39, 0.29) is 27.8 Å². The smallest absolute Gasteiger partial charge is 0.169 e. The van der Waals surface area contributed by atoms with E-state index < -0.39 is 11.6 Å². The third kappa shape index (κ3) is 3.61. The van der Waals surface area contributed by atoms with E-state index in [0.29, 0.717) is 19.6 Å². The molecular formula is C13H14BrClF2O3. The van der Waals surface area contributed by atoms with Crippen LogP contribution >= 0.6 is 27.5 Å². The van der Waals surface area contributed by atoms with Gasteiger partial charge in [0.1, 0.15) is 18.0 Å². The van der Waals surface area contributed by atoms with Gasteiger partial charge in [-0.05, 0) is 22.0 Å². The number of ether oxygens (including phenoxy) is 3. The second kappa shape index (κ2) is 7.02. The fraction of sp³-hybridized carbons (Fsp3) is 0.538. The minimum absolute atomic E-state index is 0.0275. The third-order valence-corrected chi connectivity index (χ3v) is 4.03. The van der Waals surface area contributed by atoms with E-state index in [2.05, 4.69) is 15.9 Å². The van der Waals surface area contributed by atoms with Crippen LogP contribution in [-0.4, -0.2) is 37.9 Å². The van der Waals surface area contributed by atoms with Crippen molar-refractivity contribution >= 4 is 27.5 Å². The summed E-state index contributed by atoms with van der Waals surface area (Å²) in [5, 5.41) is -0.181. The molecule has 0 aliphatic heterocycles. The molecule has 0 N–H and O–H groups in total. The van der Waals surface area contributed by atoms with Crippen molar-refractivity contribution < 1.29 is 23.0 Å². The highest BCUT2D eigenvalue weighted by molar-refractivity contribution is 9.10. The number of hydrogen-bond donors (Lipinski definition) is 0. The normalized spacial score (nSPS) is 25.4. The highest BCUT2D eigenvalue weighted by Crippen LogP contribution is 2.37. The molecule has 1 fully saturated rings. The maximum atomic E-state index is 13.7. The Labute approximate surface area is 129 Å². The van der Waals surface area contributed by atoms with Crippen LogP contribution < -0.4 is 4.74 Å². The van der Waals surface area contributed by atoms with Crippen molar-refractivity contribution in [3.63, 3.8) is 0 Å². The minimum atomic E-state index is -0.759. The van der Waals surface area contributed by atoms with Gasteiger partial charge in [0.05, 0.1) is 23.1 Å². The number of hydrogen-bond acceptors (Lipinski definition) is 3. The van der Waals surface area contributed by atoms with Crippen LogP contribution in [0.25, 0.3) is 0 Å². The van der Waals surface area contributed by atoms with Gasteiger partial charge in [-0.25, -0.2) is 8.78 Å². The maximum absolute atomic E-state index is 13.7. The lowest BCUT2D eigenvalue weighted by Gasteiger charge is -2.40. The zero-order chi connectivity index (χ0) is 14.7. The summed E-state index contributed by atoms with van der Waals surface area (Å²) in [5.41, 5.74) is 0. The van der Waals surface area contributed by atoms with Crippen LogP contribution in [0.3, 0.4) is 0 Å². The summed E-state index contributed by atoms with van der Waals surface area (Å²) >= 11 is 9.13. The Morgan fingerprint density at radius 1 is 1.35 bits per heavy atom. The summed E-state index contributed by atoms with van der Waals surface area (Å²) in [6.07, 6.45) is -0.142. The molecular weight excluding hydrogens is 357 g/mol. The van der Waals surface area contributed by atoms with Crippen LogP contribution in [0.4, 0.5) is 8.78 Å². The van der Waals surface area contributed by atoms with Crippen molar-refractivity contribution in [1.29, 1.82) is 0 Å². The third-order valence-electron chi connectivity index (χ3n) is 3.01. The van der Waals surface area contributed by atoms with Crippen molar-refractivity contribution in [3.05, 3.63) is 28.2 Å². The SMILES string of the molecule is COCCOC1C(Cl)CC1Oc1c(F)cc(F)cc1Br. The molecule has 0 heterocycles. The lowest BCUT2D eigenvalue weighted by atomic mass is 9.91. The standard InChI is InChI=1S/C13H14BrClF2O3/c1-18-2-3-19-13-9(15)6-11(13)20-12-8(14)4-7(16)5-10(12)17/h4-5,9,11,13H,2-3,6H2,1H3. The van der Waals surface area contributed by atoms with Crippen LogP contribution in [0.1, 0.15) is 6.42 Å². The second-order valence-corrected chi connectivity index (χ2v) is 5.85. The van der Waals surface area contributed by atoms with Crippen LogP contribution in [-0.2, 0) is 9.47 Å². The van der Waals surface area contributed by atoms with Crippen LogP contribution in [0.5, 0.6) is 5.75 Å². The Morgan fingerprint density at radius 3 is 2.70 bits per heavy atom. The van der Waals surface area contributed by atoms with Crippen molar-refractivity contribution in [3.8, 4) is 5.75 Å². The monoisotopic (exact) mass is 370 g/mol. The maximum Gasteiger partial charge on any atom is 0.169 e. The molecule has 1 aromatic rings. The van der Waals surface area contributed by atoms with Gasteiger partial charge >= 0.3 is 0 Å². The van der Waals surface area contributed by atoms with Crippen LogP contribution in [0, 0.1) is 11.6 Å². The predicted molar refractivity (Wildman–Crippen MR) is 74.3 cm³/mol. The first-order valence-corrected chi connectivity index (χ1v) is 7.31. The summed E-state index contributed by atoms with van der Waals surface area (Å²) in [6.45, 7) is 0.832. The largest absolute Gasteiger partial charge is 0.483 e. The molecule has 2 rings (SSSR count). The molecule has 1 aliphatic carbocycles. The van der Waals surface area contributed by atoms with E-state index in [4.69, 9.17) is 25.8 Å². The summed E-state index contributed by atoms with van der Waals surface area (Å²) < 4.78 is 42.9. The number of halogens is 4. The minimum Gasteiger partial charge on any atom is -0.483 e. The quantitative estimate of drug-likeness (QED) is 0.566. The van der Waals surface area contributed by atoms with Gasteiger partial charge in [0.2, 0.25) is 0 Å². The molecule has 0 saturated heterocycles. The molecule has 3 atom stereocenters. The molecule has 1 saturated carbocycles. The molecule has 1 aromatic carbocycles. The van der Waals surface area contributed by atoms with E-state index in [1.54, 1.807) is 7.11 Å². The van der Waals surface area contributed by atoms with Gasteiger partial charge in [-0.2, -0.15) is 0 Å². The van der Waals surface area contributed by atoms with Crippen molar-refractivity contribution in [2.75, 3.05) is 20.3 Å². The highest BCUT2D eigenvalue weighted by atomic mass is 79.9. The zero-order valence-corrected chi connectivity index (χ0v) is 13.1. The first-order valence-electron chi connectivity index (χ1n) is 6.08. The number of methoxy groups -OCH3 is 1. The number of rotatable bonds is 6. The van der Waals surface area contributed by atoms with Gasteiger partial charge in [-0.15, -0.1) is 11.6 Å². The Kier molecular flexibility index (Phi) is 5.60. The van der Waals surface area contributed by atoms with Crippen molar-refractivity contribution in [2.45, 2.75) is 24.0 Å². The fourth-order valence-corrected chi connectivity index (χ4v) is 2.83. The van der Waals surface area contributed by atoms with E-state index in [0.717, 1.165) is 12.1 Å². The Bertz CT molecular complexity index is 452. The van der Waals surface area contributed by atoms with Crippen molar-refractivity contribution in [1.82, 2.24) is 0 Å². The Hall–Kier alpha value is -0.430. The molecule has 0 spiro atoms. The average molecular weight is 372 g/mol. The topological polar surface area (TPSA) is 27.7 Å². The van der Waals surface area contributed by atoms with E-state index in [9.17, 15) is 8.78 Å². The van der Waals surface area contributed by atoms with Gasteiger partial charge in [0.25, 0.3) is 0 Å². The first-order chi connectivity index (χ1) is 9.52. The molecule has 3 unspecified atom stereocenters. The average Bonchev–Trinajstić information content (AvgIpc) is 2.37. The van der Waals surface area contributed by atoms with Gasteiger partial charge in [-0.1, -0.05) is 0 Å². The predicted octanol–water partition coefficient (Wildman–Crippen LogP) is 3.52.